The van der Waals surface area contributed by atoms with Gasteiger partial charge in [0.15, 0.2) is 12.6 Å². The Kier molecular flexibility index (Phi) is 21.7. The first-order valence-corrected chi connectivity index (χ1v) is 26.1. The summed E-state index contributed by atoms with van der Waals surface area (Å²) in [6.45, 7) is 20.8. The number of hydrogen-bond donors (Lipinski definition) is 4. The van der Waals surface area contributed by atoms with Crippen molar-refractivity contribution in [1.82, 2.24) is 19.8 Å². The average Bonchev–Trinajstić information content (AvgIpc) is 3.34. The summed E-state index contributed by atoms with van der Waals surface area (Å²) >= 11 is 0. The highest BCUT2D eigenvalue weighted by Gasteiger charge is 2.48. The maximum atomic E-state index is 14.5. The quantitative estimate of drug-likeness (QED) is 0.0557. The number of halogens is 1. The van der Waals surface area contributed by atoms with E-state index in [0.29, 0.717) is 57.3 Å². The van der Waals surface area contributed by atoms with E-state index in [-0.39, 0.29) is 43.4 Å². The summed E-state index contributed by atoms with van der Waals surface area (Å²) in [5, 5.41) is 37.6. The monoisotopic (exact) mass is 1010 g/mol. The molecule has 5 rings (SSSR count). The fourth-order valence-electron chi connectivity index (χ4n) is 10.9. The van der Waals surface area contributed by atoms with Gasteiger partial charge in [0.2, 0.25) is 0 Å². The Morgan fingerprint density at radius 3 is 2.33 bits per heavy atom. The SMILES string of the molecule is C=N/C(=C\N(N)[C@H](CF)Cc1ccc(-c2cccnc2)cc1)CCN(C)[C@@H]1C[C@H](O[C@@H]2C[C@H](O[C@H]3C[C@@](C)(OC)C[C@H](C)O3)[C@@H](C)C(=O)O[C@H](CC)[C@@](C)(O)[C@H](O)[C@@H](C)N(C)C[C@H](C)C[C@@]2(C)O)O[C@H](C)C1. The number of hydrogen-bond acceptors (Lipinski definition) is 16. The van der Waals surface area contributed by atoms with E-state index in [1.54, 1.807) is 40.3 Å². The van der Waals surface area contributed by atoms with E-state index in [4.69, 9.17) is 34.3 Å². The number of aromatic nitrogens is 1. The molecular formula is C55H89FN6O10. The lowest BCUT2D eigenvalue weighted by atomic mass is 9.83. The molecule has 0 bridgehead atoms. The molecule has 0 spiro atoms. The van der Waals surface area contributed by atoms with Crippen molar-refractivity contribution in [2.75, 3.05) is 41.0 Å². The normalized spacial score (nSPS) is 36.5. The smallest absolute Gasteiger partial charge is 0.311 e. The largest absolute Gasteiger partial charge is 0.459 e. The minimum atomic E-state index is -1.78. The van der Waals surface area contributed by atoms with Crippen molar-refractivity contribution in [2.45, 2.75) is 204 Å². The average molecular weight is 1010 g/mol. The van der Waals surface area contributed by atoms with Gasteiger partial charge in [0.25, 0.3) is 0 Å². The van der Waals surface area contributed by atoms with Crippen molar-refractivity contribution in [3.8, 4) is 11.1 Å². The van der Waals surface area contributed by atoms with Gasteiger partial charge in [-0.3, -0.25) is 14.8 Å². The molecule has 0 radical (unpaired) electrons. The number of aliphatic hydroxyl groups excluding tert-OH is 1. The summed E-state index contributed by atoms with van der Waals surface area (Å²) in [7, 11) is 5.57. The Morgan fingerprint density at radius 2 is 1.71 bits per heavy atom. The zero-order valence-corrected chi connectivity index (χ0v) is 45.3. The van der Waals surface area contributed by atoms with E-state index >= 15 is 0 Å². The zero-order chi connectivity index (χ0) is 53.1. The second-order valence-corrected chi connectivity index (χ2v) is 22.0. The first-order valence-electron chi connectivity index (χ1n) is 26.1. The highest BCUT2D eigenvalue weighted by Crippen LogP contribution is 2.38. The Balaban J connectivity index is 1.35. The molecule has 2 aromatic rings. The fraction of sp³-hybridized carbons (Fsp3) is 0.727. The summed E-state index contributed by atoms with van der Waals surface area (Å²) in [5.74, 6) is 4.82. The van der Waals surface area contributed by atoms with Crippen LogP contribution in [0.15, 0.2) is 65.7 Å². The van der Waals surface area contributed by atoms with Crippen LogP contribution in [0.1, 0.15) is 119 Å². The van der Waals surface area contributed by atoms with Crippen LogP contribution >= 0.6 is 0 Å². The standard InChI is InChI=1S/C55H89FN6O10/c1-14-47-55(9,66)51(63)39(6)61(12)33-35(2)28-54(8,65)48(27-46(38(5)52(64)72-47)70-50-30-53(7,67-13)29-37(4)69-50)71-49-26-44(24-36(3)68-49)60(11)23-21-43(58-10)34-62(57)45(31-56)25-40-17-19-41(20-18-40)42-16-15-22-59-32-42/h15-20,22,32,34-39,44-51,63,65-66H,10,14,21,23-31,33,57H2,1-9,11-13H3/b43-34-/t35-,36-,37+,38-,39-,44+,45+,46+,47-,48-,49+,50+,51-,53+,54-,55-/m1/s1. The second-order valence-electron chi connectivity index (χ2n) is 22.0. The molecule has 406 valence electrons. The molecule has 0 saturated carbocycles. The number of carbonyl (C=O) groups excluding carboxylic acids is 1. The van der Waals surface area contributed by atoms with Gasteiger partial charge >= 0.3 is 5.97 Å². The Morgan fingerprint density at radius 1 is 1.01 bits per heavy atom. The third-order valence-electron chi connectivity index (χ3n) is 15.6. The molecule has 72 heavy (non-hydrogen) atoms. The number of aliphatic imine (C=N–C) groups is 1. The predicted molar refractivity (Wildman–Crippen MR) is 277 cm³/mol. The molecule has 17 heteroatoms. The number of methoxy groups -OCH3 is 1. The molecule has 4 heterocycles. The number of nitrogens with zero attached hydrogens (tertiary/aromatic N) is 5. The van der Waals surface area contributed by atoms with E-state index < -0.39 is 84.4 Å². The number of hydrazine groups is 1. The van der Waals surface area contributed by atoms with Crippen LogP contribution in [0.25, 0.3) is 11.1 Å². The number of esters is 1. The molecule has 5 N–H and O–H groups in total. The number of pyridine rings is 1. The molecule has 1 aromatic carbocycles. The van der Waals surface area contributed by atoms with Crippen LogP contribution in [0.4, 0.5) is 4.39 Å². The summed E-state index contributed by atoms with van der Waals surface area (Å²) in [6, 6.07) is 10.7. The number of cyclic esters (lactones) is 1. The van der Waals surface area contributed by atoms with Gasteiger partial charge in [-0.05, 0) is 124 Å². The number of carbonyl (C=O) groups is 1. The van der Waals surface area contributed by atoms with Crippen LogP contribution in [-0.4, -0.2) is 173 Å². The zero-order valence-electron chi connectivity index (χ0n) is 45.3. The van der Waals surface area contributed by atoms with Crippen molar-refractivity contribution in [1.29, 1.82) is 0 Å². The molecule has 0 unspecified atom stereocenters. The highest BCUT2D eigenvalue weighted by molar-refractivity contribution is 5.73. The number of ether oxygens (including phenoxy) is 6. The minimum absolute atomic E-state index is 0.00304. The molecule has 1 aromatic heterocycles. The van der Waals surface area contributed by atoms with Gasteiger partial charge in [-0.15, -0.1) is 0 Å². The van der Waals surface area contributed by atoms with Crippen molar-refractivity contribution in [3.63, 3.8) is 0 Å². The van der Waals surface area contributed by atoms with Crippen molar-refractivity contribution in [2.24, 2.45) is 22.7 Å². The molecular weight excluding hydrogens is 924 g/mol. The lowest BCUT2D eigenvalue weighted by Gasteiger charge is -2.45. The molecule has 3 fully saturated rings. The minimum Gasteiger partial charge on any atom is -0.459 e. The van der Waals surface area contributed by atoms with Crippen LogP contribution in [-0.2, 0) is 39.6 Å². The van der Waals surface area contributed by atoms with Gasteiger partial charge in [-0.25, -0.2) is 10.2 Å². The van der Waals surface area contributed by atoms with Crippen LogP contribution in [0.3, 0.4) is 0 Å². The number of rotatable bonds is 17. The summed E-state index contributed by atoms with van der Waals surface area (Å²) in [5.41, 5.74) is -0.204. The second kappa shape index (κ2) is 26.3. The Labute approximate surface area is 429 Å². The Bertz CT molecular complexity index is 2020. The molecule has 0 amide bonds. The third kappa shape index (κ3) is 16.0. The third-order valence-corrected chi connectivity index (χ3v) is 15.6. The maximum absolute atomic E-state index is 14.5. The van der Waals surface area contributed by atoms with Crippen molar-refractivity contribution >= 4 is 12.7 Å². The summed E-state index contributed by atoms with van der Waals surface area (Å²) < 4.78 is 53.2. The number of likely N-dealkylation sites (N-methyl/N-ethyl adjacent to an activating group) is 1. The number of nitrogens with two attached hydrogens (primary N) is 1. The summed E-state index contributed by atoms with van der Waals surface area (Å²) in [6.07, 6.45) is 2.92. The van der Waals surface area contributed by atoms with Gasteiger partial charge in [0.1, 0.15) is 24.5 Å². The van der Waals surface area contributed by atoms with E-state index in [1.165, 1.54) is 11.9 Å². The molecule has 3 aliphatic rings. The van der Waals surface area contributed by atoms with Gasteiger partial charge in [-0.2, -0.15) is 0 Å². The topological polar surface area (TPSA) is 194 Å². The van der Waals surface area contributed by atoms with E-state index in [9.17, 15) is 24.5 Å². The van der Waals surface area contributed by atoms with E-state index in [0.717, 1.165) is 16.7 Å². The predicted octanol–water partition coefficient (Wildman–Crippen LogP) is 6.83. The van der Waals surface area contributed by atoms with Crippen molar-refractivity contribution < 1.29 is 52.9 Å². The van der Waals surface area contributed by atoms with Crippen molar-refractivity contribution in [3.05, 3.63) is 66.3 Å². The van der Waals surface area contributed by atoms with E-state index in [1.807, 2.05) is 96.2 Å². The van der Waals surface area contributed by atoms with Crippen LogP contribution in [0.5, 0.6) is 0 Å². The van der Waals surface area contributed by atoms with Crippen LogP contribution in [0, 0.1) is 11.8 Å². The fourth-order valence-corrected chi connectivity index (χ4v) is 10.9. The highest BCUT2D eigenvalue weighted by atomic mass is 19.1. The number of alkyl halides is 1. The molecule has 16 atom stereocenters. The van der Waals surface area contributed by atoms with Gasteiger partial charge in [0.05, 0.1) is 53.3 Å². The molecule has 3 saturated heterocycles. The number of aliphatic hydroxyl groups is 3. The first-order chi connectivity index (χ1) is 33.9. The number of benzene rings is 1. The van der Waals surface area contributed by atoms with E-state index in [2.05, 4.69) is 21.6 Å². The Hall–Kier alpha value is -3.46. The first kappa shape index (κ1) is 59.4. The lowest BCUT2D eigenvalue weighted by Crippen LogP contribution is -2.59. The molecule has 0 aliphatic carbocycles. The van der Waals surface area contributed by atoms with Gasteiger partial charge < -0.3 is 58.5 Å². The molecule has 3 aliphatic heterocycles. The lowest BCUT2D eigenvalue weighted by molar-refractivity contribution is -0.279. The molecule has 16 nitrogen and oxygen atoms in total. The van der Waals surface area contributed by atoms with Crippen LogP contribution < -0.4 is 5.84 Å². The maximum Gasteiger partial charge on any atom is 0.311 e. The van der Waals surface area contributed by atoms with Crippen LogP contribution in [0.2, 0.25) is 0 Å². The summed E-state index contributed by atoms with van der Waals surface area (Å²) in [4.78, 5) is 27.0. The van der Waals surface area contributed by atoms with Gasteiger partial charge in [-0.1, -0.05) is 44.2 Å². The van der Waals surface area contributed by atoms with Gasteiger partial charge in [0, 0.05) is 83.0 Å².